The van der Waals surface area contributed by atoms with Crippen LogP contribution in [0.1, 0.15) is 0 Å². The summed E-state index contributed by atoms with van der Waals surface area (Å²) in [5.41, 5.74) is 0.581. The number of benzene rings is 1. The van der Waals surface area contributed by atoms with Crippen molar-refractivity contribution in [3.8, 4) is 0 Å². The molecule has 2 rings (SSSR count). The molecule has 0 saturated heterocycles. The highest BCUT2D eigenvalue weighted by molar-refractivity contribution is 7.91. The van der Waals surface area contributed by atoms with E-state index in [9.17, 15) is 21.6 Å². The minimum absolute atomic E-state index is 0.169. The summed E-state index contributed by atoms with van der Waals surface area (Å²) in [5.74, 6) is -2.40. The van der Waals surface area contributed by atoms with Crippen molar-refractivity contribution in [1.29, 1.82) is 0 Å². The van der Waals surface area contributed by atoms with Crippen LogP contribution in [0.15, 0.2) is 41.4 Å². The van der Waals surface area contributed by atoms with Gasteiger partial charge in [-0.3, -0.25) is 9.78 Å². The second kappa shape index (κ2) is 6.22. The first kappa shape index (κ1) is 17.3. The number of pyridine rings is 1. The number of aromatic nitrogens is 1. The van der Waals surface area contributed by atoms with Gasteiger partial charge in [-0.1, -0.05) is 6.07 Å². The van der Waals surface area contributed by atoms with Crippen molar-refractivity contribution in [2.24, 2.45) is 0 Å². The van der Waals surface area contributed by atoms with Crippen molar-refractivity contribution in [3.63, 3.8) is 0 Å². The van der Waals surface area contributed by atoms with E-state index in [4.69, 9.17) is 5.11 Å². The zero-order valence-corrected chi connectivity index (χ0v) is 13.6. The van der Waals surface area contributed by atoms with E-state index < -0.39 is 37.6 Å². The van der Waals surface area contributed by atoms with E-state index in [-0.39, 0.29) is 4.90 Å². The number of carboxylic acid groups (broad SMARTS) is 1. The summed E-state index contributed by atoms with van der Waals surface area (Å²) in [7, 11) is -7.87. The summed E-state index contributed by atoms with van der Waals surface area (Å²) in [4.78, 5) is 15.0. The minimum atomic E-state index is -4.19. The highest BCUT2D eigenvalue weighted by atomic mass is 32.2. The minimum Gasteiger partial charge on any atom is -0.480 e. The normalized spacial score (nSPS) is 13.8. The maximum absolute atomic E-state index is 12.3. The van der Waals surface area contributed by atoms with Crippen LogP contribution in [-0.4, -0.2) is 50.9 Å². The zero-order chi connectivity index (χ0) is 17.3. The Morgan fingerprint density at radius 1 is 1.26 bits per heavy atom. The molecule has 23 heavy (non-hydrogen) atoms. The molecule has 10 heteroatoms. The fraction of sp³-hybridized carbons (Fsp3) is 0.231. The summed E-state index contributed by atoms with van der Waals surface area (Å²) in [5, 5.41) is 9.58. The Kier molecular flexibility index (Phi) is 4.68. The molecule has 0 aliphatic rings. The molecular weight excluding hydrogens is 344 g/mol. The third-order valence-electron chi connectivity index (χ3n) is 2.95. The SMILES string of the molecule is CS(=O)(=O)CC(NS(=O)(=O)c1ccc2ncccc2c1)C(=O)O. The van der Waals surface area contributed by atoms with E-state index in [0.29, 0.717) is 10.9 Å². The van der Waals surface area contributed by atoms with Gasteiger partial charge in [-0.25, -0.2) is 16.8 Å². The monoisotopic (exact) mass is 358 g/mol. The summed E-state index contributed by atoms with van der Waals surface area (Å²) in [6.07, 6.45) is 2.39. The van der Waals surface area contributed by atoms with Crippen molar-refractivity contribution in [2.45, 2.75) is 10.9 Å². The summed E-state index contributed by atoms with van der Waals surface area (Å²) in [6, 6.07) is 5.62. The molecule has 124 valence electrons. The highest BCUT2D eigenvalue weighted by Crippen LogP contribution is 2.17. The zero-order valence-electron chi connectivity index (χ0n) is 12.0. The number of hydrogen-bond acceptors (Lipinski definition) is 6. The van der Waals surface area contributed by atoms with Crippen LogP contribution in [0.3, 0.4) is 0 Å². The first-order valence-electron chi connectivity index (χ1n) is 6.36. The molecule has 0 bridgehead atoms. The van der Waals surface area contributed by atoms with Crippen LogP contribution >= 0.6 is 0 Å². The van der Waals surface area contributed by atoms with E-state index in [0.717, 1.165) is 6.26 Å². The highest BCUT2D eigenvalue weighted by Gasteiger charge is 2.28. The topological polar surface area (TPSA) is 130 Å². The van der Waals surface area contributed by atoms with E-state index >= 15 is 0 Å². The molecule has 1 unspecified atom stereocenters. The van der Waals surface area contributed by atoms with Gasteiger partial charge in [0.25, 0.3) is 0 Å². The van der Waals surface area contributed by atoms with Crippen LogP contribution in [0, 0.1) is 0 Å². The number of nitrogens with one attached hydrogen (secondary N) is 1. The number of nitrogens with zero attached hydrogens (tertiary/aromatic N) is 1. The van der Waals surface area contributed by atoms with Crippen LogP contribution in [0.5, 0.6) is 0 Å². The second-order valence-electron chi connectivity index (χ2n) is 4.96. The molecule has 2 N–H and O–H groups in total. The van der Waals surface area contributed by atoms with Crippen LogP contribution in [0.2, 0.25) is 0 Å². The fourth-order valence-electron chi connectivity index (χ4n) is 1.93. The third kappa shape index (κ3) is 4.47. The maximum Gasteiger partial charge on any atom is 0.322 e. The van der Waals surface area contributed by atoms with Gasteiger partial charge in [0.15, 0.2) is 0 Å². The predicted octanol–water partition coefficient (Wildman–Crippen LogP) is 0.0109. The van der Waals surface area contributed by atoms with Crippen LogP contribution in [0.25, 0.3) is 10.9 Å². The quantitative estimate of drug-likeness (QED) is 0.744. The summed E-state index contributed by atoms with van der Waals surface area (Å²) in [6.45, 7) is 0. The second-order valence-corrected chi connectivity index (χ2v) is 8.86. The molecule has 0 amide bonds. The molecule has 1 aromatic heterocycles. The predicted molar refractivity (Wildman–Crippen MR) is 83.2 cm³/mol. The number of sulfonamides is 1. The molecular formula is C13H14N2O6S2. The molecule has 1 heterocycles. The maximum atomic E-state index is 12.3. The van der Waals surface area contributed by atoms with Crippen molar-refractivity contribution in [1.82, 2.24) is 9.71 Å². The smallest absolute Gasteiger partial charge is 0.322 e. The van der Waals surface area contributed by atoms with Crippen molar-refractivity contribution in [3.05, 3.63) is 36.5 Å². The number of carboxylic acids is 1. The average Bonchev–Trinajstić information content (AvgIpc) is 2.44. The van der Waals surface area contributed by atoms with Gasteiger partial charge in [0.2, 0.25) is 10.0 Å². The molecule has 1 atom stereocenters. The third-order valence-corrected chi connectivity index (χ3v) is 5.36. The number of fused-ring (bicyclic) bond motifs is 1. The van der Waals surface area contributed by atoms with E-state index in [1.807, 2.05) is 4.72 Å². The molecule has 8 nitrogen and oxygen atoms in total. The van der Waals surface area contributed by atoms with Crippen molar-refractivity contribution >= 4 is 36.7 Å². The first-order chi connectivity index (χ1) is 10.6. The van der Waals surface area contributed by atoms with Crippen LogP contribution in [-0.2, 0) is 24.7 Å². The average molecular weight is 358 g/mol. The van der Waals surface area contributed by atoms with Crippen molar-refractivity contribution < 1.29 is 26.7 Å². The van der Waals surface area contributed by atoms with Crippen LogP contribution in [0.4, 0.5) is 0 Å². The van der Waals surface area contributed by atoms with Gasteiger partial charge in [0, 0.05) is 17.8 Å². The lowest BCUT2D eigenvalue weighted by Gasteiger charge is -2.14. The number of carbonyl (C=O) groups is 1. The van der Waals surface area contributed by atoms with Gasteiger partial charge in [-0.05, 0) is 24.3 Å². The Labute approximate surface area is 133 Å². The van der Waals surface area contributed by atoms with Gasteiger partial charge in [-0.15, -0.1) is 0 Å². The molecule has 1 aromatic carbocycles. The first-order valence-corrected chi connectivity index (χ1v) is 9.90. The van der Waals surface area contributed by atoms with Gasteiger partial charge >= 0.3 is 5.97 Å². The summed E-state index contributed by atoms with van der Waals surface area (Å²) < 4.78 is 49.0. The largest absolute Gasteiger partial charge is 0.480 e. The van der Waals surface area contributed by atoms with Gasteiger partial charge in [0.1, 0.15) is 15.9 Å². The van der Waals surface area contributed by atoms with Gasteiger partial charge in [-0.2, -0.15) is 4.72 Å². The Balaban J connectivity index is 2.37. The molecule has 0 aliphatic carbocycles. The van der Waals surface area contributed by atoms with Crippen LogP contribution < -0.4 is 4.72 Å². The lowest BCUT2D eigenvalue weighted by atomic mass is 10.2. The van der Waals surface area contributed by atoms with E-state index in [1.165, 1.54) is 18.2 Å². The molecule has 0 fully saturated rings. The Bertz CT molecular complexity index is 953. The lowest BCUT2D eigenvalue weighted by Crippen LogP contribution is -2.45. The lowest BCUT2D eigenvalue weighted by molar-refractivity contribution is -0.138. The van der Waals surface area contributed by atoms with Gasteiger partial charge < -0.3 is 5.11 Å². The Hall–Kier alpha value is -2.04. The number of aliphatic carboxylic acids is 1. The van der Waals surface area contributed by atoms with Crippen molar-refractivity contribution in [2.75, 3.05) is 12.0 Å². The number of rotatable bonds is 6. The summed E-state index contributed by atoms with van der Waals surface area (Å²) >= 11 is 0. The molecule has 0 aliphatic heterocycles. The molecule has 0 radical (unpaired) electrons. The van der Waals surface area contributed by atoms with Gasteiger partial charge in [0.05, 0.1) is 16.2 Å². The van der Waals surface area contributed by atoms with E-state index in [1.54, 1.807) is 18.3 Å². The molecule has 0 saturated carbocycles. The number of hydrogen-bond donors (Lipinski definition) is 2. The fourth-order valence-corrected chi connectivity index (χ4v) is 4.10. The number of sulfone groups is 1. The molecule has 2 aromatic rings. The molecule has 0 spiro atoms. The standard InChI is InChI=1S/C13H14N2O6S2/c1-22(18,19)8-12(13(16)17)15-23(20,21)10-4-5-11-9(7-10)3-2-6-14-11/h2-7,12,15H,8H2,1H3,(H,16,17). The Morgan fingerprint density at radius 3 is 2.57 bits per heavy atom. The Morgan fingerprint density at radius 2 is 1.96 bits per heavy atom. The van der Waals surface area contributed by atoms with E-state index in [2.05, 4.69) is 4.98 Å².